The molecule has 0 saturated heterocycles. The fourth-order valence-corrected chi connectivity index (χ4v) is 3.87. The third-order valence-corrected chi connectivity index (χ3v) is 5.69. The average molecular weight is 457 g/mol. The Kier molecular flexibility index (Phi) is 6.48. The molecule has 6 heteroatoms. The van der Waals surface area contributed by atoms with E-state index < -0.39 is 0 Å². The summed E-state index contributed by atoms with van der Waals surface area (Å²) < 4.78 is 11.4. The number of ketones is 1. The molecule has 1 heterocycles. The number of nitriles is 1. The first-order valence-electron chi connectivity index (χ1n) is 10.3. The molecule has 0 aliphatic heterocycles. The number of nitrogens with zero attached hydrogens (tertiary/aromatic N) is 1. The lowest BCUT2D eigenvalue weighted by Crippen LogP contribution is -2.03. The fraction of sp³-hybridized carbons (Fsp3) is 0.111. The minimum atomic E-state index is -0.328. The number of fused-ring (bicyclic) bond motifs is 1. The summed E-state index contributed by atoms with van der Waals surface area (Å²) in [7, 11) is 1.54. The zero-order chi connectivity index (χ0) is 23.4. The maximum Gasteiger partial charge on any atom is 0.205 e. The van der Waals surface area contributed by atoms with Crippen LogP contribution in [-0.4, -0.2) is 17.9 Å². The van der Waals surface area contributed by atoms with E-state index >= 15 is 0 Å². The molecule has 4 rings (SSSR count). The molecule has 33 heavy (non-hydrogen) atoms. The standard InChI is InChI=1S/C27H21ClN2O3/c1-17-26(21-8-4-6-10-23(21)30-17)27(31)20(15-29)13-18-11-12-24(25(14-18)32-2)33-16-19-7-3-5-9-22(19)28/h3-14,30H,16H2,1-2H3/b20-13+. The Bertz CT molecular complexity index is 1410. The van der Waals surface area contributed by atoms with Gasteiger partial charge in [-0.25, -0.2) is 0 Å². The monoisotopic (exact) mass is 456 g/mol. The van der Waals surface area contributed by atoms with E-state index in [1.807, 2.05) is 55.5 Å². The molecule has 5 nitrogen and oxygen atoms in total. The van der Waals surface area contributed by atoms with Crippen molar-refractivity contribution >= 4 is 34.4 Å². The highest BCUT2D eigenvalue weighted by Gasteiger charge is 2.20. The van der Waals surface area contributed by atoms with Gasteiger partial charge in [0.05, 0.1) is 12.7 Å². The molecule has 0 aliphatic carbocycles. The molecule has 0 bridgehead atoms. The zero-order valence-electron chi connectivity index (χ0n) is 18.2. The number of rotatable bonds is 7. The number of H-pyrrole nitrogens is 1. The first-order valence-corrected chi connectivity index (χ1v) is 10.7. The Labute approximate surface area is 196 Å². The fourth-order valence-electron chi connectivity index (χ4n) is 3.68. The van der Waals surface area contributed by atoms with Crippen LogP contribution in [0.1, 0.15) is 27.2 Å². The number of aromatic nitrogens is 1. The van der Waals surface area contributed by atoms with Crippen LogP contribution in [0.15, 0.2) is 72.3 Å². The number of benzene rings is 3. The molecule has 0 saturated carbocycles. The number of Topliss-reactive ketones (excluding diaryl/α,β-unsaturated/α-hetero) is 1. The molecular weight excluding hydrogens is 436 g/mol. The predicted octanol–water partition coefficient (Wildman–Crippen LogP) is 6.51. The van der Waals surface area contributed by atoms with Crippen molar-refractivity contribution in [3.63, 3.8) is 0 Å². The topological polar surface area (TPSA) is 75.1 Å². The van der Waals surface area contributed by atoms with Gasteiger partial charge in [-0.2, -0.15) is 5.26 Å². The van der Waals surface area contributed by atoms with Crippen LogP contribution in [0.4, 0.5) is 0 Å². The van der Waals surface area contributed by atoms with Crippen molar-refractivity contribution in [3.8, 4) is 17.6 Å². The molecule has 3 aromatic carbocycles. The maximum absolute atomic E-state index is 13.2. The maximum atomic E-state index is 13.2. The highest BCUT2D eigenvalue weighted by atomic mass is 35.5. The number of methoxy groups -OCH3 is 1. The van der Waals surface area contributed by atoms with Gasteiger partial charge < -0.3 is 14.5 Å². The van der Waals surface area contributed by atoms with Crippen molar-refractivity contribution in [1.82, 2.24) is 4.98 Å². The molecule has 0 radical (unpaired) electrons. The van der Waals surface area contributed by atoms with Gasteiger partial charge in [0.25, 0.3) is 0 Å². The van der Waals surface area contributed by atoms with Crippen molar-refractivity contribution in [1.29, 1.82) is 5.26 Å². The number of para-hydroxylation sites is 1. The smallest absolute Gasteiger partial charge is 0.205 e. The number of hydrogen-bond donors (Lipinski definition) is 1. The van der Waals surface area contributed by atoms with Gasteiger partial charge in [-0.05, 0) is 42.8 Å². The predicted molar refractivity (Wildman–Crippen MR) is 130 cm³/mol. The van der Waals surface area contributed by atoms with E-state index in [4.69, 9.17) is 21.1 Å². The second-order valence-corrected chi connectivity index (χ2v) is 7.87. The molecule has 0 unspecified atom stereocenters. The third-order valence-electron chi connectivity index (χ3n) is 5.33. The summed E-state index contributed by atoms with van der Waals surface area (Å²) in [5.41, 5.74) is 3.64. The highest BCUT2D eigenvalue weighted by Crippen LogP contribution is 2.31. The number of carbonyl (C=O) groups is 1. The Balaban J connectivity index is 1.62. The number of hydrogen-bond acceptors (Lipinski definition) is 4. The van der Waals surface area contributed by atoms with Crippen LogP contribution >= 0.6 is 11.6 Å². The van der Waals surface area contributed by atoms with Gasteiger partial charge in [-0.3, -0.25) is 4.79 Å². The van der Waals surface area contributed by atoms with Gasteiger partial charge in [0.15, 0.2) is 11.5 Å². The molecule has 0 aliphatic rings. The minimum absolute atomic E-state index is 0.0367. The summed E-state index contributed by atoms with van der Waals surface area (Å²) >= 11 is 6.20. The number of halogens is 1. The molecule has 4 aromatic rings. The van der Waals surface area contributed by atoms with Gasteiger partial charge in [-0.15, -0.1) is 0 Å². The summed E-state index contributed by atoms with van der Waals surface area (Å²) in [6, 6.07) is 22.3. The summed E-state index contributed by atoms with van der Waals surface area (Å²) in [5, 5.41) is 11.1. The quantitative estimate of drug-likeness (QED) is 0.195. The minimum Gasteiger partial charge on any atom is -0.493 e. The van der Waals surface area contributed by atoms with Crippen LogP contribution in [0.3, 0.4) is 0 Å². The van der Waals surface area contributed by atoms with Crippen molar-refractivity contribution in [2.45, 2.75) is 13.5 Å². The van der Waals surface area contributed by atoms with Crippen molar-refractivity contribution in [2.24, 2.45) is 0 Å². The largest absolute Gasteiger partial charge is 0.493 e. The molecule has 164 valence electrons. The van der Waals surface area contributed by atoms with Crippen LogP contribution in [0, 0.1) is 18.3 Å². The molecular formula is C27H21ClN2O3. The lowest BCUT2D eigenvalue weighted by atomic mass is 9.99. The SMILES string of the molecule is COc1cc(/C=C(\C#N)C(=O)c2c(C)[nH]c3ccccc23)ccc1OCc1ccccc1Cl. The van der Waals surface area contributed by atoms with Crippen LogP contribution in [0.25, 0.3) is 17.0 Å². The molecule has 0 amide bonds. The molecule has 1 N–H and O–H groups in total. The van der Waals surface area contributed by atoms with E-state index in [0.29, 0.717) is 27.6 Å². The van der Waals surface area contributed by atoms with Gasteiger partial charge in [-0.1, -0.05) is 54.1 Å². The summed E-state index contributed by atoms with van der Waals surface area (Å²) in [6.45, 7) is 2.11. The van der Waals surface area contributed by atoms with Crippen LogP contribution < -0.4 is 9.47 Å². The number of aryl methyl sites for hydroxylation is 1. The van der Waals surface area contributed by atoms with Gasteiger partial charge in [0, 0.05) is 27.2 Å². The van der Waals surface area contributed by atoms with Crippen LogP contribution in [-0.2, 0) is 6.61 Å². The van der Waals surface area contributed by atoms with E-state index in [1.54, 1.807) is 30.3 Å². The molecule has 0 spiro atoms. The average Bonchev–Trinajstić information content (AvgIpc) is 3.17. The molecule has 0 atom stereocenters. The van der Waals surface area contributed by atoms with E-state index in [1.165, 1.54) is 7.11 Å². The summed E-state index contributed by atoms with van der Waals surface area (Å²) in [4.78, 5) is 16.4. The summed E-state index contributed by atoms with van der Waals surface area (Å²) in [5.74, 6) is 0.696. The van der Waals surface area contributed by atoms with E-state index in [2.05, 4.69) is 4.98 Å². The normalized spacial score (nSPS) is 11.3. The number of aromatic amines is 1. The van der Waals surface area contributed by atoms with E-state index in [-0.39, 0.29) is 18.0 Å². The number of nitrogens with one attached hydrogen (secondary N) is 1. The first-order chi connectivity index (χ1) is 16.0. The highest BCUT2D eigenvalue weighted by molar-refractivity contribution is 6.31. The van der Waals surface area contributed by atoms with Gasteiger partial charge >= 0.3 is 0 Å². The Morgan fingerprint density at radius 1 is 1.09 bits per heavy atom. The number of allylic oxidation sites excluding steroid dienone is 1. The second kappa shape index (κ2) is 9.64. The lowest BCUT2D eigenvalue weighted by molar-refractivity contribution is 0.104. The van der Waals surface area contributed by atoms with Gasteiger partial charge in [0.2, 0.25) is 5.78 Å². The molecule has 1 aromatic heterocycles. The van der Waals surface area contributed by atoms with Gasteiger partial charge in [0.1, 0.15) is 18.2 Å². The zero-order valence-corrected chi connectivity index (χ0v) is 18.9. The number of ether oxygens (including phenoxy) is 2. The number of carbonyl (C=O) groups excluding carboxylic acids is 1. The summed E-state index contributed by atoms with van der Waals surface area (Å²) in [6.07, 6.45) is 1.56. The Hall–Kier alpha value is -4.01. The lowest BCUT2D eigenvalue weighted by Gasteiger charge is -2.12. The van der Waals surface area contributed by atoms with Crippen molar-refractivity contribution in [2.75, 3.05) is 7.11 Å². The van der Waals surface area contributed by atoms with Crippen molar-refractivity contribution in [3.05, 3.63) is 99.7 Å². The Morgan fingerprint density at radius 2 is 1.85 bits per heavy atom. The van der Waals surface area contributed by atoms with Crippen molar-refractivity contribution < 1.29 is 14.3 Å². The Morgan fingerprint density at radius 3 is 2.61 bits per heavy atom. The van der Waals surface area contributed by atoms with Crippen LogP contribution in [0.5, 0.6) is 11.5 Å². The van der Waals surface area contributed by atoms with E-state index in [0.717, 1.165) is 22.2 Å². The first kappa shape index (κ1) is 22.2. The van der Waals surface area contributed by atoms with Crippen LogP contribution in [0.2, 0.25) is 5.02 Å². The molecule has 0 fully saturated rings. The van der Waals surface area contributed by atoms with E-state index in [9.17, 15) is 10.1 Å². The second-order valence-electron chi connectivity index (χ2n) is 7.46. The third kappa shape index (κ3) is 4.62.